The van der Waals surface area contributed by atoms with Crippen LogP contribution in [0.3, 0.4) is 0 Å². The molecular weight excluding hydrogens is 944 g/mol. The number of anilines is 2. The minimum absolute atomic E-state index is 0.0499. The van der Waals surface area contributed by atoms with Crippen molar-refractivity contribution in [3.8, 4) is 61.5 Å². The summed E-state index contributed by atoms with van der Waals surface area (Å²) in [4.78, 5) is 0. The third-order valence-electron chi connectivity index (χ3n) is 18.8. The molecule has 0 saturated carbocycles. The first kappa shape index (κ1) is 48.5. The fourth-order valence-corrected chi connectivity index (χ4v) is 14.2. The normalized spacial score (nSPS) is 15.5. The molecule has 2 aliphatic carbocycles. The molecule has 0 fully saturated rings. The number of hydrogen-bond donors (Lipinski definition) is 1. The third-order valence-corrected chi connectivity index (χ3v) is 18.8. The highest BCUT2D eigenvalue weighted by atomic mass is 16.3. The number of rotatable bonds is 7. The fourth-order valence-electron chi connectivity index (χ4n) is 14.2. The fraction of sp³-hybridized carbons (Fsp3) is 0.243. The number of aromatic nitrogens is 1. The predicted octanol–water partition coefficient (Wildman–Crippen LogP) is 18.5. The Bertz CT molecular complexity index is 4290. The molecule has 78 heavy (non-hydrogen) atoms. The van der Waals surface area contributed by atoms with Crippen molar-refractivity contribution >= 4 is 62.4 Å². The highest BCUT2D eigenvalue weighted by Gasteiger charge is 2.43. The maximum Gasteiger partial charge on any atom is 0.198 e. The Morgan fingerprint density at radius 2 is 1.22 bits per heavy atom. The molecule has 3 heterocycles. The van der Waals surface area contributed by atoms with Crippen molar-refractivity contribution in [1.29, 1.82) is 0 Å². The van der Waals surface area contributed by atoms with Crippen LogP contribution in [-0.2, 0) is 28.1 Å². The molecule has 4 heteroatoms. The maximum absolute atomic E-state index is 7.13. The second kappa shape index (κ2) is 17.1. The van der Waals surface area contributed by atoms with Gasteiger partial charge in [-0.15, -0.1) is 0 Å². The first-order chi connectivity index (χ1) is 37.4. The van der Waals surface area contributed by atoms with Gasteiger partial charge in [-0.25, -0.2) is 0 Å². The summed E-state index contributed by atoms with van der Waals surface area (Å²) >= 11 is 0. The largest absolute Gasteiger partial charge is 0.455 e. The first-order valence-corrected chi connectivity index (χ1v) is 28.6. The van der Waals surface area contributed by atoms with Gasteiger partial charge in [-0.05, 0) is 175 Å². The van der Waals surface area contributed by atoms with E-state index in [-0.39, 0.29) is 21.7 Å². The summed E-state index contributed by atoms with van der Waals surface area (Å²) in [6.45, 7) is 26.2. The van der Waals surface area contributed by atoms with Crippen molar-refractivity contribution in [1.82, 2.24) is 4.57 Å². The maximum atomic E-state index is 7.13. The van der Waals surface area contributed by atoms with Crippen molar-refractivity contribution < 1.29 is 4.42 Å². The van der Waals surface area contributed by atoms with Crippen LogP contribution in [0.15, 0.2) is 174 Å². The van der Waals surface area contributed by atoms with Crippen LogP contribution in [-0.4, -0.2) is 11.8 Å². The summed E-state index contributed by atoms with van der Waals surface area (Å²) in [6.07, 6.45) is 3.34. The van der Waals surface area contributed by atoms with E-state index in [0.29, 0.717) is 0 Å². The van der Waals surface area contributed by atoms with Gasteiger partial charge in [0.05, 0.1) is 5.52 Å². The van der Waals surface area contributed by atoms with Crippen LogP contribution >= 0.6 is 0 Å². The van der Waals surface area contributed by atoms with Crippen molar-refractivity contribution in [3.63, 3.8) is 0 Å². The van der Waals surface area contributed by atoms with Gasteiger partial charge >= 0.3 is 0 Å². The van der Waals surface area contributed by atoms with Crippen LogP contribution < -0.4 is 16.2 Å². The zero-order chi connectivity index (χ0) is 53.8. The molecule has 3 aliphatic rings. The van der Waals surface area contributed by atoms with Gasteiger partial charge in [-0.2, -0.15) is 0 Å². The molecule has 9 aromatic carbocycles. The van der Waals surface area contributed by atoms with E-state index in [1.54, 1.807) is 0 Å². The van der Waals surface area contributed by atoms with E-state index < -0.39 is 0 Å². The lowest BCUT2D eigenvalue weighted by Gasteiger charge is -2.42. The molecule has 0 radical (unpaired) electrons. The minimum Gasteiger partial charge on any atom is -0.455 e. The minimum atomic E-state index is -0.205. The van der Waals surface area contributed by atoms with Crippen LogP contribution in [0, 0.1) is 6.92 Å². The number of hydrogen-bond acceptors (Lipinski definition) is 2. The lowest BCUT2D eigenvalue weighted by Crippen LogP contribution is -2.37. The zero-order valence-electron chi connectivity index (χ0n) is 47.3. The predicted molar refractivity (Wildman–Crippen MR) is 334 cm³/mol. The summed E-state index contributed by atoms with van der Waals surface area (Å²) in [7, 11) is 0.747. The molecule has 0 saturated heterocycles. The second-order valence-electron chi connectivity index (χ2n) is 25.9. The number of nitrogens with one attached hydrogen (secondary N) is 1. The van der Waals surface area contributed by atoms with Crippen LogP contribution in [0.2, 0.25) is 0 Å². The average Bonchev–Trinajstić information content (AvgIpc) is 4.26. The van der Waals surface area contributed by atoms with E-state index in [1.807, 2.05) is 0 Å². The van der Waals surface area contributed by atoms with Gasteiger partial charge in [-0.1, -0.05) is 190 Å². The summed E-state index contributed by atoms with van der Waals surface area (Å²) in [6, 6.07) is 64.5. The molecule has 2 aromatic heterocycles. The molecule has 0 atom stereocenters. The topological polar surface area (TPSA) is 30.1 Å². The third kappa shape index (κ3) is 7.31. The average molecular weight is 1010 g/mol. The molecule has 14 rings (SSSR count). The van der Waals surface area contributed by atoms with E-state index in [2.05, 4.69) is 256 Å². The van der Waals surface area contributed by atoms with Gasteiger partial charge in [0, 0.05) is 60.8 Å². The molecule has 1 aliphatic heterocycles. The number of nitrogens with zero attached hydrogens (tertiary/aromatic N) is 1. The first-order valence-electron chi connectivity index (χ1n) is 28.6. The lowest BCUT2D eigenvalue weighted by atomic mass is 9.59. The molecular formula is C74H69BN2O. The standard InChI is InChI=1S/C74H69BN2O/c1-12-44-21-19-20-26-49(44)52-38-64-56(35-43(52)2)51-32-31-50(68-69(51)77(64)65-39-57-66(42-62(65)75-68)78-70(46-24-17-14-18-25-46)67(57)45-22-15-13-16-23-45)55-36-53-54-37-60-61(73(8,9)34-33-72(60,6)7)40-58(54)74(10,11)59(53)41-63(55)76-48-29-27-47(28-30-48)71(3,4)5/h13-32,35-42,75-76H,12,33-34H2,1-11H3. The smallest absolute Gasteiger partial charge is 0.198 e. The Kier molecular flexibility index (Phi) is 10.6. The highest BCUT2D eigenvalue weighted by Crippen LogP contribution is 2.56. The van der Waals surface area contributed by atoms with E-state index in [4.69, 9.17) is 4.42 Å². The zero-order valence-corrected chi connectivity index (χ0v) is 47.3. The van der Waals surface area contributed by atoms with Crippen LogP contribution in [0.1, 0.15) is 121 Å². The van der Waals surface area contributed by atoms with E-state index in [1.165, 1.54) is 124 Å². The van der Waals surface area contributed by atoms with Gasteiger partial charge in [0.1, 0.15) is 11.3 Å². The van der Waals surface area contributed by atoms with E-state index in [0.717, 1.165) is 58.5 Å². The van der Waals surface area contributed by atoms with Crippen molar-refractivity contribution in [3.05, 3.63) is 209 Å². The monoisotopic (exact) mass is 1010 g/mol. The Morgan fingerprint density at radius 1 is 0.564 bits per heavy atom. The van der Waals surface area contributed by atoms with Gasteiger partial charge < -0.3 is 14.3 Å². The van der Waals surface area contributed by atoms with Crippen molar-refractivity contribution in [2.75, 3.05) is 5.32 Å². The summed E-state index contributed by atoms with van der Waals surface area (Å²) in [5, 5.41) is 7.77. The summed E-state index contributed by atoms with van der Waals surface area (Å²) in [5.41, 5.74) is 30.4. The van der Waals surface area contributed by atoms with E-state index >= 15 is 0 Å². The van der Waals surface area contributed by atoms with Crippen molar-refractivity contribution in [2.45, 2.75) is 117 Å². The number of benzene rings is 9. The van der Waals surface area contributed by atoms with E-state index in [9.17, 15) is 0 Å². The molecule has 1 N–H and O–H groups in total. The lowest BCUT2D eigenvalue weighted by molar-refractivity contribution is 0.331. The van der Waals surface area contributed by atoms with Crippen molar-refractivity contribution in [2.24, 2.45) is 0 Å². The molecule has 0 bridgehead atoms. The Hall–Kier alpha value is -7.82. The summed E-state index contributed by atoms with van der Waals surface area (Å²) < 4.78 is 9.76. The summed E-state index contributed by atoms with van der Waals surface area (Å²) in [5.74, 6) is 0.898. The number of fused-ring (bicyclic) bond motifs is 10. The Labute approximate surface area is 461 Å². The molecule has 0 spiro atoms. The quantitative estimate of drug-likeness (QED) is 0.161. The second-order valence-corrected chi connectivity index (χ2v) is 25.9. The molecule has 0 unspecified atom stereocenters. The Morgan fingerprint density at radius 3 is 1.92 bits per heavy atom. The van der Waals surface area contributed by atoms with Crippen LogP contribution in [0.4, 0.5) is 11.4 Å². The van der Waals surface area contributed by atoms with Crippen LogP contribution in [0.25, 0.3) is 94.3 Å². The molecule has 384 valence electrons. The molecule has 0 amide bonds. The highest BCUT2D eigenvalue weighted by molar-refractivity contribution is 6.73. The SMILES string of the molecule is CCc1ccccc1-c1cc2c(cc1C)c1ccc(-c3cc4c(cc3Nc3ccc(C(C)(C)C)cc3)C(C)(C)c3cc5c(cc3-4)C(C)(C)CCC5(C)C)c3c1n2-c1cc2c(-c4ccccc4)c(-c4ccccc4)oc2cc1B3. The molecule has 3 nitrogen and oxygen atoms in total. The van der Waals surface area contributed by atoms with Gasteiger partial charge in [0.15, 0.2) is 7.28 Å². The van der Waals surface area contributed by atoms with Crippen LogP contribution in [0.5, 0.6) is 0 Å². The van der Waals surface area contributed by atoms with Gasteiger partial charge in [-0.3, -0.25) is 0 Å². The Balaban J connectivity index is 1.06. The van der Waals surface area contributed by atoms with Gasteiger partial charge in [0.2, 0.25) is 0 Å². The number of furan rings is 1. The van der Waals surface area contributed by atoms with Gasteiger partial charge in [0.25, 0.3) is 0 Å². The number of aryl methyl sites for hydroxylation is 2. The molecule has 11 aromatic rings.